The number of nitrogens with one attached hydrogen (secondary N) is 2. The fourth-order valence-corrected chi connectivity index (χ4v) is 2.43. The Balaban J connectivity index is 1.89. The molecule has 0 atom stereocenters. The summed E-state index contributed by atoms with van der Waals surface area (Å²) in [6.07, 6.45) is 6.60. The minimum Gasteiger partial charge on any atom is -0.475 e. The van der Waals surface area contributed by atoms with Gasteiger partial charge < -0.3 is 15.4 Å². The predicted molar refractivity (Wildman–Crippen MR) is 76.5 cm³/mol. The third-order valence-corrected chi connectivity index (χ3v) is 3.46. The van der Waals surface area contributed by atoms with Gasteiger partial charge in [0, 0.05) is 24.3 Å². The third-order valence-electron chi connectivity index (χ3n) is 3.46. The van der Waals surface area contributed by atoms with Crippen LogP contribution in [-0.4, -0.2) is 35.2 Å². The van der Waals surface area contributed by atoms with Crippen LogP contribution in [0.15, 0.2) is 12.3 Å². The summed E-state index contributed by atoms with van der Waals surface area (Å²) in [4.78, 5) is 8.65. The van der Waals surface area contributed by atoms with Gasteiger partial charge in [0.2, 0.25) is 11.8 Å². The van der Waals surface area contributed by atoms with Crippen molar-refractivity contribution in [2.24, 2.45) is 0 Å². The van der Waals surface area contributed by atoms with Crippen LogP contribution < -0.4 is 15.4 Å². The Bertz CT molecular complexity index is 389. The molecule has 1 fully saturated rings. The monoisotopic (exact) mass is 264 g/mol. The van der Waals surface area contributed by atoms with Crippen molar-refractivity contribution in [3.8, 4) is 5.88 Å². The smallest absolute Gasteiger partial charge is 0.226 e. The first-order chi connectivity index (χ1) is 9.17. The van der Waals surface area contributed by atoms with E-state index in [-0.39, 0.29) is 6.10 Å². The van der Waals surface area contributed by atoms with Crippen molar-refractivity contribution in [1.82, 2.24) is 15.3 Å². The van der Waals surface area contributed by atoms with E-state index in [9.17, 15) is 0 Å². The molecule has 0 spiro atoms. The number of anilines is 1. The van der Waals surface area contributed by atoms with Crippen LogP contribution in [0.3, 0.4) is 0 Å². The van der Waals surface area contributed by atoms with Crippen molar-refractivity contribution in [3.63, 3.8) is 0 Å². The molecule has 106 valence electrons. The van der Waals surface area contributed by atoms with E-state index in [2.05, 4.69) is 20.6 Å². The quantitative estimate of drug-likeness (QED) is 0.854. The zero-order valence-corrected chi connectivity index (χ0v) is 12.0. The fourth-order valence-electron chi connectivity index (χ4n) is 2.43. The minimum absolute atomic E-state index is 0.133. The Morgan fingerprint density at radius 1 is 1.21 bits per heavy atom. The average molecular weight is 264 g/mol. The van der Waals surface area contributed by atoms with Crippen molar-refractivity contribution < 1.29 is 4.74 Å². The van der Waals surface area contributed by atoms with Gasteiger partial charge in [-0.1, -0.05) is 0 Å². The van der Waals surface area contributed by atoms with Gasteiger partial charge in [-0.05, 0) is 46.6 Å². The second-order valence-electron chi connectivity index (χ2n) is 5.37. The number of nitrogens with zero attached hydrogens (tertiary/aromatic N) is 2. The molecule has 1 saturated carbocycles. The molecule has 0 bridgehead atoms. The van der Waals surface area contributed by atoms with Gasteiger partial charge in [-0.25, -0.2) is 4.98 Å². The number of ether oxygens (including phenoxy) is 1. The first-order valence-corrected chi connectivity index (χ1v) is 7.11. The highest BCUT2D eigenvalue weighted by atomic mass is 16.5. The van der Waals surface area contributed by atoms with E-state index in [0.29, 0.717) is 23.9 Å². The highest BCUT2D eigenvalue weighted by Crippen LogP contribution is 2.21. The highest BCUT2D eigenvalue weighted by Gasteiger charge is 2.20. The summed E-state index contributed by atoms with van der Waals surface area (Å²) >= 11 is 0. The second kappa shape index (κ2) is 6.70. The lowest BCUT2D eigenvalue weighted by molar-refractivity contribution is 0.232. The molecule has 19 heavy (non-hydrogen) atoms. The summed E-state index contributed by atoms with van der Waals surface area (Å²) in [5.74, 6) is 1.31. The SMILES string of the molecule is CNC1CCC(Nc2nccc(OC(C)C)n2)CC1. The van der Waals surface area contributed by atoms with Crippen LogP contribution in [-0.2, 0) is 0 Å². The molecule has 1 aliphatic carbocycles. The van der Waals surface area contributed by atoms with Crippen LogP contribution in [0, 0.1) is 0 Å². The molecule has 0 amide bonds. The van der Waals surface area contributed by atoms with Crippen LogP contribution in [0.5, 0.6) is 5.88 Å². The fraction of sp³-hybridized carbons (Fsp3) is 0.714. The molecular weight excluding hydrogens is 240 g/mol. The maximum absolute atomic E-state index is 5.58. The number of rotatable bonds is 5. The topological polar surface area (TPSA) is 59.1 Å². The van der Waals surface area contributed by atoms with Gasteiger partial charge in [0.05, 0.1) is 6.10 Å². The third kappa shape index (κ3) is 4.35. The van der Waals surface area contributed by atoms with Gasteiger partial charge >= 0.3 is 0 Å². The van der Waals surface area contributed by atoms with Gasteiger partial charge in [-0.15, -0.1) is 0 Å². The van der Waals surface area contributed by atoms with Crippen LogP contribution in [0.4, 0.5) is 5.95 Å². The second-order valence-corrected chi connectivity index (χ2v) is 5.37. The van der Waals surface area contributed by atoms with Gasteiger partial charge in [-0.3, -0.25) is 0 Å². The molecule has 1 heterocycles. The first kappa shape index (κ1) is 14.1. The zero-order valence-electron chi connectivity index (χ0n) is 12.0. The Morgan fingerprint density at radius 3 is 2.53 bits per heavy atom. The van der Waals surface area contributed by atoms with E-state index in [4.69, 9.17) is 4.74 Å². The van der Waals surface area contributed by atoms with E-state index in [1.54, 1.807) is 12.3 Å². The maximum Gasteiger partial charge on any atom is 0.226 e. The number of hydrogen-bond donors (Lipinski definition) is 2. The molecule has 1 aliphatic rings. The summed E-state index contributed by atoms with van der Waals surface area (Å²) in [5, 5.41) is 6.75. The highest BCUT2D eigenvalue weighted by molar-refractivity contribution is 5.29. The molecule has 0 unspecified atom stereocenters. The van der Waals surface area contributed by atoms with Crippen molar-refractivity contribution in [2.75, 3.05) is 12.4 Å². The molecular formula is C14H24N4O. The normalized spacial score (nSPS) is 23.4. The molecule has 1 aromatic rings. The Hall–Kier alpha value is -1.36. The summed E-state index contributed by atoms with van der Waals surface area (Å²) in [7, 11) is 2.04. The van der Waals surface area contributed by atoms with Crippen LogP contribution in [0.1, 0.15) is 39.5 Å². The molecule has 5 heteroatoms. The largest absolute Gasteiger partial charge is 0.475 e. The van der Waals surface area contributed by atoms with E-state index < -0.39 is 0 Å². The first-order valence-electron chi connectivity index (χ1n) is 7.11. The Morgan fingerprint density at radius 2 is 1.89 bits per heavy atom. The maximum atomic E-state index is 5.58. The van der Waals surface area contributed by atoms with Gasteiger partial charge in [0.15, 0.2) is 0 Å². The molecule has 0 radical (unpaired) electrons. The van der Waals surface area contributed by atoms with E-state index in [1.807, 2.05) is 20.9 Å². The van der Waals surface area contributed by atoms with Crippen LogP contribution >= 0.6 is 0 Å². The molecule has 2 N–H and O–H groups in total. The zero-order chi connectivity index (χ0) is 13.7. The molecule has 5 nitrogen and oxygen atoms in total. The Kier molecular flexibility index (Phi) is 4.96. The van der Waals surface area contributed by atoms with Crippen LogP contribution in [0.2, 0.25) is 0 Å². The molecule has 0 aliphatic heterocycles. The van der Waals surface area contributed by atoms with Crippen LogP contribution in [0.25, 0.3) is 0 Å². The van der Waals surface area contributed by atoms with Gasteiger partial charge in [0.25, 0.3) is 0 Å². The lowest BCUT2D eigenvalue weighted by Crippen LogP contribution is -2.35. The average Bonchev–Trinajstić information content (AvgIpc) is 2.39. The van der Waals surface area contributed by atoms with Crippen molar-refractivity contribution >= 4 is 5.95 Å². The van der Waals surface area contributed by atoms with Gasteiger partial charge in [0.1, 0.15) is 0 Å². The van der Waals surface area contributed by atoms with Crippen molar-refractivity contribution in [2.45, 2.75) is 57.7 Å². The lowest BCUT2D eigenvalue weighted by Gasteiger charge is -2.28. The minimum atomic E-state index is 0.133. The molecule has 0 aromatic carbocycles. The predicted octanol–water partition coefficient (Wildman–Crippen LogP) is 2.21. The number of aromatic nitrogens is 2. The summed E-state index contributed by atoms with van der Waals surface area (Å²) < 4.78 is 5.58. The summed E-state index contributed by atoms with van der Waals surface area (Å²) in [6.45, 7) is 3.99. The standard InChI is InChI=1S/C14H24N4O/c1-10(2)19-13-8-9-16-14(18-13)17-12-6-4-11(15-3)5-7-12/h8-12,15H,4-7H2,1-3H3,(H,16,17,18). The van der Waals surface area contributed by atoms with Crippen molar-refractivity contribution in [1.29, 1.82) is 0 Å². The summed E-state index contributed by atoms with van der Waals surface area (Å²) in [5.41, 5.74) is 0. The van der Waals surface area contributed by atoms with Gasteiger partial charge in [-0.2, -0.15) is 4.98 Å². The molecule has 0 saturated heterocycles. The lowest BCUT2D eigenvalue weighted by atomic mass is 9.91. The molecule has 1 aromatic heterocycles. The molecule has 2 rings (SSSR count). The van der Waals surface area contributed by atoms with E-state index in [1.165, 1.54) is 12.8 Å². The Labute approximate surface area is 115 Å². The number of hydrogen-bond acceptors (Lipinski definition) is 5. The van der Waals surface area contributed by atoms with E-state index >= 15 is 0 Å². The van der Waals surface area contributed by atoms with E-state index in [0.717, 1.165) is 12.8 Å². The summed E-state index contributed by atoms with van der Waals surface area (Å²) in [6, 6.07) is 2.93. The van der Waals surface area contributed by atoms with Crippen molar-refractivity contribution in [3.05, 3.63) is 12.3 Å².